The van der Waals surface area contributed by atoms with Crippen LogP contribution in [0.3, 0.4) is 0 Å². The topological polar surface area (TPSA) is 114 Å². The maximum Gasteiger partial charge on any atom is 0.417 e. The van der Waals surface area contributed by atoms with Gasteiger partial charge in [-0.25, -0.2) is 15.0 Å². The third kappa shape index (κ3) is 6.08. The van der Waals surface area contributed by atoms with Gasteiger partial charge in [-0.15, -0.1) is 0 Å². The Morgan fingerprint density at radius 1 is 1.08 bits per heavy atom. The summed E-state index contributed by atoms with van der Waals surface area (Å²) in [5, 5.41) is 2.44. The highest BCUT2D eigenvalue weighted by Gasteiger charge is 2.48. The number of halogens is 3. The molecular weight excluding hydrogens is 509 g/mol. The van der Waals surface area contributed by atoms with Gasteiger partial charge in [0.1, 0.15) is 5.82 Å². The average Bonchev–Trinajstić information content (AvgIpc) is 3.16. The Morgan fingerprint density at radius 3 is 2.41 bits per heavy atom. The molecule has 8 nitrogen and oxygen atoms in total. The number of nitrogens with one attached hydrogen (secondary N) is 1. The van der Waals surface area contributed by atoms with Crippen LogP contribution in [0.2, 0.25) is 0 Å². The number of alkyl halides is 3. The van der Waals surface area contributed by atoms with Crippen LogP contribution in [-0.4, -0.2) is 32.6 Å². The number of hydrogen-bond donors (Lipinski definition) is 2. The second-order valence-electron chi connectivity index (χ2n) is 9.75. The third-order valence-electron chi connectivity index (χ3n) is 6.52. The molecule has 0 radical (unpaired) electrons. The van der Waals surface area contributed by atoms with E-state index in [2.05, 4.69) is 20.3 Å². The smallest absolute Gasteiger partial charge is 0.369 e. The second-order valence-corrected chi connectivity index (χ2v) is 9.75. The number of aromatic nitrogens is 2. The summed E-state index contributed by atoms with van der Waals surface area (Å²) in [4.78, 5) is 40.4. The van der Waals surface area contributed by atoms with Crippen molar-refractivity contribution < 1.29 is 22.8 Å². The van der Waals surface area contributed by atoms with E-state index in [4.69, 9.17) is 5.73 Å². The highest BCUT2D eigenvalue weighted by Crippen LogP contribution is 2.39. The predicted molar refractivity (Wildman–Crippen MR) is 139 cm³/mol. The maximum absolute atomic E-state index is 13.8. The minimum atomic E-state index is -4.77. The van der Waals surface area contributed by atoms with Crippen molar-refractivity contribution in [1.82, 2.24) is 20.2 Å². The molecule has 1 aromatic heterocycles. The Balaban J connectivity index is 1.62. The molecule has 3 N–H and O–H groups in total. The summed E-state index contributed by atoms with van der Waals surface area (Å²) < 4.78 is 41.3. The van der Waals surface area contributed by atoms with Gasteiger partial charge in [-0.2, -0.15) is 13.2 Å². The number of carbonyl (C=O) groups is 2. The van der Waals surface area contributed by atoms with E-state index in [9.17, 15) is 22.8 Å². The fourth-order valence-electron chi connectivity index (χ4n) is 4.47. The average molecular weight is 539 g/mol. The number of carbonyl (C=O) groups excluding carboxylic acids is 2. The van der Waals surface area contributed by atoms with Crippen LogP contribution >= 0.6 is 0 Å². The summed E-state index contributed by atoms with van der Waals surface area (Å²) >= 11 is 0. The lowest BCUT2D eigenvalue weighted by Crippen LogP contribution is -2.42. The van der Waals surface area contributed by atoms with Crippen LogP contribution in [0, 0.1) is 5.92 Å². The number of guanidine groups is 1. The summed E-state index contributed by atoms with van der Waals surface area (Å²) in [6, 6.07) is 13.9. The molecule has 1 unspecified atom stereocenters. The fourth-order valence-corrected chi connectivity index (χ4v) is 4.47. The Hall–Kier alpha value is -4.28. The van der Waals surface area contributed by atoms with Crippen LogP contribution in [-0.2, 0) is 29.6 Å². The molecule has 2 aromatic carbocycles. The van der Waals surface area contributed by atoms with Crippen molar-refractivity contribution in [1.29, 1.82) is 0 Å². The molecule has 39 heavy (non-hydrogen) atoms. The molecule has 0 fully saturated rings. The molecule has 0 aliphatic carbocycles. The van der Waals surface area contributed by atoms with Crippen molar-refractivity contribution in [3.8, 4) is 0 Å². The van der Waals surface area contributed by atoms with Gasteiger partial charge in [0.2, 0.25) is 0 Å². The minimum Gasteiger partial charge on any atom is -0.369 e. The number of nitrogens with zero attached hydrogens (tertiary/aromatic N) is 4. The lowest BCUT2D eigenvalue weighted by molar-refractivity contribution is -0.138. The molecule has 2 amide bonds. The standard InChI is InChI=1S/C28H29F3N6O2/c1-18(2)11-12-27(20-7-4-3-5-8-20)25(39)37(26(32)36-27)17-19-9-10-22(28(29,30)31)21(15-19)24(38)35-16-23-33-13-6-14-34-23/h3-10,13-15,18H,11-12,16-17H2,1-2H3,(H2,32,36)(H,35,38). The fraction of sp³-hybridized carbons (Fsp3) is 0.321. The van der Waals surface area contributed by atoms with Crippen LogP contribution < -0.4 is 11.1 Å². The van der Waals surface area contributed by atoms with E-state index in [-0.39, 0.29) is 30.8 Å². The first-order valence-electron chi connectivity index (χ1n) is 12.5. The number of nitrogens with two attached hydrogens (primary N) is 1. The van der Waals surface area contributed by atoms with Gasteiger partial charge in [0.05, 0.1) is 24.2 Å². The van der Waals surface area contributed by atoms with Gasteiger partial charge < -0.3 is 11.1 Å². The summed E-state index contributed by atoms with van der Waals surface area (Å²) in [6.07, 6.45) is -0.705. The molecule has 0 spiro atoms. The summed E-state index contributed by atoms with van der Waals surface area (Å²) in [6.45, 7) is 3.79. The van der Waals surface area contributed by atoms with Gasteiger partial charge in [-0.05, 0) is 48.1 Å². The van der Waals surface area contributed by atoms with Gasteiger partial charge in [-0.3, -0.25) is 14.5 Å². The number of aliphatic imine (C=N–C) groups is 1. The number of rotatable bonds is 9. The molecule has 1 aliphatic rings. The van der Waals surface area contributed by atoms with E-state index in [1.165, 1.54) is 23.4 Å². The monoisotopic (exact) mass is 538 g/mol. The lowest BCUT2D eigenvalue weighted by Gasteiger charge is -2.27. The highest BCUT2D eigenvalue weighted by atomic mass is 19.4. The summed E-state index contributed by atoms with van der Waals surface area (Å²) in [7, 11) is 0. The number of benzene rings is 2. The van der Waals surface area contributed by atoms with E-state index in [0.29, 0.717) is 29.9 Å². The van der Waals surface area contributed by atoms with Gasteiger partial charge >= 0.3 is 6.18 Å². The van der Waals surface area contributed by atoms with Gasteiger partial charge in [0, 0.05) is 12.4 Å². The molecule has 3 aromatic rings. The lowest BCUT2D eigenvalue weighted by atomic mass is 9.83. The Labute approximate surface area is 224 Å². The molecular formula is C28H29F3N6O2. The van der Waals surface area contributed by atoms with E-state index in [1.807, 2.05) is 44.2 Å². The third-order valence-corrected chi connectivity index (χ3v) is 6.52. The summed E-state index contributed by atoms with van der Waals surface area (Å²) in [5.41, 5.74) is 4.32. The van der Waals surface area contributed by atoms with Crippen LogP contribution in [0.4, 0.5) is 13.2 Å². The molecule has 4 rings (SSSR count). The van der Waals surface area contributed by atoms with E-state index < -0.39 is 28.7 Å². The number of amides is 2. The predicted octanol–water partition coefficient (Wildman–Crippen LogP) is 4.41. The maximum atomic E-state index is 13.8. The van der Waals surface area contributed by atoms with Gasteiger partial charge in [0.25, 0.3) is 11.8 Å². The minimum absolute atomic E-state index is 0.0280. The first-order valence-corrected chi connectivity index (χ1v) is 12.5. The van der Waals surface area contributed by atoms with E-state index in [1.54, 1.807) is 6.07 Å². The van der Waals surface area contributed by atoms with Gasteiger partial charge in [0.15, 0.2) is 11.5 Å². The normalized spacial score (nSPS) is 17.4. The second kappa shape index (κ2) is 11.2. The van der Waals surface area contributed by atoms with Crippen molar-refractivity contribution in [2.24, 2.45) is 16.6 Å². The zero-order valence-corrected chi connectivity index (χ0v) is 21.6. The Morgan fingerprint density at radius 2 is 1.77 bits per heavy atom. The molecule has 11 heteroatoms. The van der Waals surface area contributed by atoms with Crippen LogP contribution in [0.15, 0.2) is 72.0 Å². The van der Waals surface area contributed by atoms with Crippen molar-refractivity contribution in [3.05, 3.63) is 95.1 Å². The molecule has 2 heterocycles. The van der Waals surface area contributed by atoms with E-state index >= 15 is 0 Å². The summed E-state index contributed by atoms with van der Waals surface area (Å²) in [5.74, 6) is -0.776. The van der Waals surface area contributed by atoms with Crippen molar-refractivity contribution in [3.63, 3.8) is 0 Å². The highest BCUT2D eigenvalue weighted by molar-refractivity contribution is 6.07. The van der Waals surface area contributed by atoms with Crippen LogP contribution in [0.5, 0.6) is 0 Å². The van der Waals surface area contributed by atoms with Crippen LogP contribution in [0.1, 0.15) is 59.6 Å². The first kappa shape index (κ1) is 27.7. The largest absolute Gasteiger partial charge is 0.417 e. The number of hydrogen-bond acceptors (Lipinski definition) is 6. The quantitative estimate of drug-likeness (QED) is 0.419. The molecule has 204 valence electrons. The Bertz CT molecular complexity index is 1360. The zero-order valence-electron chi connectivity index (χ0n) is 21.6. The van der Waals surface area contributed by atoms with E-state index in [0.717, 1.165) is 12.1 Å². The molecule has 0 saturated carbocycles. The van der Waals surface area contributed by atoms with Gasteiger partial charge in [-0.1, -0.05) is 50.2 Å². The Kier molecular flexibility index (Phi) is 7.98. The molecule has 1 atom stereocenters. The SMILES string of the molecule is CC(C)CCC1(c2ccccc2)N=C(N)N(Cc2ccc(C(F)(F)F)c(C(=O)NCc3ncccn3)c2)C1=O. The van der Waals surface area contributed by atoms with Crippen molar-refractivity contribution >= 4 is 17.8 Å². The molecule has 1 aliphatic heterocycles. The van der Waals surface area contributed by atoms with Crippen molar-refractivity contribution in [2.75, 3.05) is 0 Å². The van der Waals surface area contributed by atoms with Crippen molar-refractivity contribution in [2.45, 2.75) is 51.5 Å². The molecule has 0 saturated heterocycles. The van der Waals surface area contributed by atoms with Crippen LogP contribution in [0.25, 0.3) is 0 Å². The zero-order chi connectivity index (χ0) is 28.2. The molecule has 0 bridgehead atoms. The first-order chi connectivity index (χ1) is 18.5.